The number of rotatable bonds is 4. The smallest absolute Gasteiger partial charge is 0.310 e. The molecule has 1 unspecified atom stereocenters. The SMILES string of the molecule is COC(=O)C(c1ccc(Br)cc1)[Si](C)(C)c1ccccc1. The van der Waals surface area contributed by atoms with Crippen molar-refractivity contribution in [3.8, 4) is 0 Å². The van der Waals surface area contributed by atoms with Gasteiger partial charge in [0.05, 0.1) is 12.7 Å². The predicted octanol–water partition coefficient (Wildman–Crippen LogP) is 3.86. The van der Waals surface area contributed by atoms with E-state index in [4.69, 9.17) is 4.74 Å². The predicted molar refractivity (Wildman–Crippen MR) is 92.5 cm³/mol. The Kier molecular flexibility index (Phi) is 5.01. The fraction of sp³-hybridized carbons (Fsp3) is 0.235. The van der Waals surface area contributed by atoms with E-state index in [0.29, 0.717) is 0 Å². The van der Waals surface area contributed by atoms with Crippen LogP contribution in [0.4, 0.5) is 0 Å². The van der Waals surface area contributed by atoms with Gasteiger partial charge in [0.1, 0.15) is 8.07 Å². The summed E-state index contributed by atoms with van der Waals surface area (Å²) in [7, 11) is -0.579. The average Bonchev–Trinajstić information content (AvgIpc) is 2.50. The number of carbonyl (C=O) groups excluding carboxylic acids is 1. The minimum absolute atomic E-state index is 0.155. The van der Waals surface area contributed by atoms with Crippen LogP contribution in [0.25, 0.3) is 0 Å². The van der Waals surface area contributed by atoms with Crippen LogP contribution < -0.4 is 5.19 Å². The Morgan fingerprint density at radius 3 is 2.14 bits per heavy atom. The van der Waals surface area contributed by atoms with E-state index in [1.807, 2.05) is 42.5 Å². The molecule has 2 aromatic rings. The number of esters is 1. The third kappa shape index (κ3) is 3.44. The fourth-order valence-electron chi connectivity index (χ4n) is 2.65. The molecule has 0 bridgehead atoms. The third-order valence-electron chi connectivity index (χ3n) is 3.88. The first-order valence-electron chi connectivity index (χ1n) is 6.85. The minimum Gasteiger partial charge on any atom is -0.469 e. The molecule has 0 aliphatic heterocycles. The van der Waals surface area contributed by atoms with Crippen molar-refractivity contribution in [3.05, 3.63) is 64.6 Å². The highest BCUT2D eigenvalue weighted by Gasteiger charge is 2.40. The second-order valence-corrected chi connectivity index (χ2v) is 11.1. The first kappa shape index (κ1) is 16.0. The Bertz CT molecular complexity index is 608. The van der Waals surface area contributed by atoms with Crippen molar-refractivity contribution >= 4 is 35.2 Å². The summed E-state index contributed by atoms with van der Waals surface area (Å²) in [5.41, 5.74) is 0.809. The van der Waals surface area contributed by atoms with Gasteiger partial charge in [-0.1, -0.05) is 76.7 Å². The maximum atomic E-state index is 12.4. The standard InChI is InChI=1S/C17H19BrO2Si/c1-20-17(19)16(13-9-11-14(18)12-10-13)21(2,3)15-7-5-4-6-8-15/h4-12,16H,1-3H3. The Morgan fingerprint density at radius 1 is 1.05 bits per heavy atom. The Labute approximate surface area is 135 Å². The maximum absolute atomic E-state index is 12.4. The molecule has 0 radical (unpaired) electrons. The van der Waals surface area contributed by atoms with Crippen molar-refractivity contribution in [1.82, 2.24) is 0 Å². The van der Waals surface area contributed by atoms with Crippen LogP contribution in [-0.4, -0.2) is 21.2 Å². The number of methoxy groups -OCH3 is 1. The molecule has 21 heavy (non-hydrogen) atoms. The lowest BCUT2D eigenvalue weighted by atomic mass is 10.1. The largest absolute Gasteiger partial charge is 0.469 e. The van der Waals surface area contributed by atoms with Crippen molar-refractivity contribution in [2.24, 2.45) is 0 Å². The van der Waals surface area contributed by atoms with Crippen LogP contribution in [0.2, 0.25) is 13.1 Å². The zero-order valence-electron chi connectivity index (χ0n) is 12.5. The summed E-state index contributed by atoms with van der Waals surface area (Å²) in [5.74, 6) is -0.155. The van der Waals surface area contributed by atoms with Crippen LogP contribution in [0.3, 0.4) is 0 Å². The molecule has 0 aliphatic rings. The Balaban J connectivity index is 2.50. The van der Waals surface area contributed by atoms with Gasteiger partial charge in [-0.3, -0.25) is 4.79 Å². The quantitative estimate of drug-likeness (QED) is 0.609. The van der Waals surface area contributed by atoms with Crippen LogP contribution in [0.5, 0.6) is 0 Å². The van der Waals surface area contributed by atoms with Crippen LogP contribution >= 0.6 is 15.9 Å². The zero-order valence-corrected chi connectivity index (χ0v) is 15.1. The second kappa shape index (κ2) is 6.58. The molecule has 0 saturated carbocycles. The topological polar surface area (TPSA) is 26.3 Å². The van der Waals surface area contributed by atoms with E-state index in [2.05, 4.69) is 41.2 Å². The van der Waals surface area contributed by atoms with Crippen LogP contribution in [0, 0.1) is 0 Å². The van der Waals surface area contributed by atoms with Gasteiger partial charge in [-0.05, 0) is 17.7 Å². The van der Waals surface area contributed by atoms with E-state index in [9.17, 15) is 4.79 Å². The monoisotopic (exact) mass is 362 g/mol. The number of halogens is 1. The second-order valence-electron chi connectivity index (χ2n) is 5.60. The van der Waals surface area contributed by atoms with Crippen LogP contribution in [0.15, 0.2) is 59.1 Å². The summed E-state index contributed by atoms with van der Waals surface area (Å²) in [6.07, 6.45) is 0. The average molecular weight is 363 g/mol. The van der Waals surface area contributed by atoms with Gasteiger partial charge >= 0.3 is 5.97 Å². The van der Waals surface area contributed by atoms with Crippen molar-refractivity contribution < 1.29 is 9.53 Å². The molecule has 0 spiro atoms. The molecule has 0 aromatic heterocycles. The van der Waals surface area contributed by atoms with Gasteiger partial charge in [0.15, 0.2) is 0 Å². The lowest BCUT2D eigenvalue weighted by molar-refractivity contribution is -0.140. The molecule has 110 valence electrons. The van der Waals surface area contributed by atoms with E-state index in [1.165, 1.54) is 12.3 Å². The van der Waals surface area contributed by atoms with Gasteiger partial charge in [0.2, 0.25) is 0 Å². The molecule has 0 fully saturated rings. The molecule has 2 rings (SSSR count). The van der Waals surface area contributed by atoms with E-state index < -0.39 is 8.07 Å². The zero-order chi connectivity index (χ0) is 15.5. The Hall–Kier alpha value is -1.39. The summed E-state index contributed by atoms with van der Waals surface area (Å²) < 4.78 is 6.10. The van der Waals surface area contributed by atoms with Gasteiger partial charge in [-0.15, -0.1) is 0 Å². The highest BCUT2D eigenvalue weighted by atomic mass is 79.9. The van der Waals surface area contributed by atoms with Gasteiger partial charge in [0.25, 0.3) is 0 Å². The van der Waals surface area contributed by atoms with Crippen LogP contribution in [0.1, 0.15) is 11.1 Å². The molecular formula is C17H19BrO2Si. The van der Waals surface area contributed by atoms with Crippen molar-refractivity contribution in [3.63, 3.8) is 0 Å². The first-order valence-corrected chi connectivity index (χ1v) is 10.7. The summed E-state index contributed by atoms with van der Waals surface area (Å²) in [5, 5.41) is 1.25. The molecule has 0 heterocycles. The van der Waals surface area contributed by atoms with Gasteiger partial charge in [-0.25, -0.2) is 0 Å². The number of ether oxygens (including phenoxy) is 1. The highest BCUT2D eigenvalue weighted by Crippen LogP contribution is 2.29. The van der Waals surface area contributed by atoms with Crippen molar-refractivity contribution in [2.45, 2.75) is 18.6 Å². The van der Waals surface area contributed by atoms with Gasteiger partial charge < -0.3 is 4.74 Å². The highest BCUT2D eigenvalue weighted by molar-refractivity contribution is 9.10. The number of carbonyl (C=O) groups is 1. The molecule has 1 atom stereocenters. The van der Waals surface area contributed by atoms with Crippen molar-refractivity contribution in [2.75, 3.05) is 7.11 Å². The lowest BCUT2D eigenvalue weighted by Crippen LogP contribution is -2.50. The summed E-state index contributed by atoms with van der Waals surface area (Å²) in [6, 6.07) is 18.2. The first-order chi connectivity index (χ1) is 9.96. The van der Waals surface area contributed by atoms with E-state index >= 15 is 0 Å². The number of benzene rings is 2. The van der Waals surface area contributed by atoms with E-state index in [1.54, 1.807) is 0 Å². The molecule has 0 N–H and O–H groups in total. The molecular weight excluding hydrogens is 344 g/mol. The molecule has 0 amide bonds. The fourth-order valence-corrected chi connectivity index (χ4v) is 6.04. The van der Waals surface area contributed by atoms with Crippen molar-refractivity contribution in [1.29, 1.82) is 0 Å². The minimum atomic E-state index is -2.04. The van der Waals surface area contributed by atoms with Gasteiger partial charge in [-0.2, -0.15) is 0 Å². The lowest BCUT2D eigenvalue weighted by Gasteiger charge is -2.31. The molecule has 2 aromatic carbocycles. The van der Waals surface area contributed by atoms with E-state index in [-0.39, 0.29) is 11.5 Å². The third-order valence-corrected chi connectivity index (χ3v) is 8.24. The number of hydrogen-bond donors (Lipinski definition) is 0. The molecule has 0 aliphatic carbocycles. The summed E-state index contributed by atoms with van der Waals surface area (Å²) >= 11 is 3.44. The van der Waals surface area contributed by atoms with Crippen LogP contribution in [-0.2, 0) is 9.53 Å². The molecule has 0 saturated heterocycles. The normalized spacial score (nSPS) is 12.8. The van der Waals surface area contributed by atoms with Gasteiger partial charge in [0, 0.05) is 4.47 Å². The Morgan fingerprint density at radius 2 is 1.62 bits per heavy atom. The molecule has 4 heteroatoms. The van der Waals surface area contributed by atoms with E-state index in [0.717, 1.165) is 10.0 Å². The molecule has 2 nitrogen and oxygen atoms in total. The summed E-state index contributed by atoms with van der Waals surface area (Å²) in [6.45, 7) is 4.43. The maximum Gasteiger partial charge on any atom is 0.310 e. The summed E-state index contributed by atoms with van der Waals surface area (Å²) in [4.78, 5) is 12.4. The number of hydrogen-bond acceptors (Lipinski definition) is 2.